The van der Waals surface area contributed by atoms with Crippen molar-refractivity contribution in [1.82, 2.24) is 15.1 Å². The maximum Gasteiger partial charge on any atom is 0.251 e. The molecule has 3 rings (SSSR count). The van der Waals surface area contributed by atoms with Gasteiger partial charge in [0.05, 0.1) is 0 Å². The van der Waals surface area contributed by atoms with Gasteiger partial charge in [-0.05, 0) is 35.7 Å². The normalized spacial score (nSPS) is 10.4. The molecule has 0 atom stereocenters. The Balaban J connectivity index is 1.51. The van der Waals surface area contributed by atoms with Gasteiger partial charge in [0, 0.05) is 31.0 Å². The van der Waals surface area contributed by atoms with E-state index in [0.29, 0.717) is 12.1 Å². The quantitative estimate of drug-likeness (QED) is 0.710. The molecular weight excluding hydrogens is 286 g/mol. The average molecular weight is 305 g/mol. The van der Waals surface area contributed by atoms with Crippen LogP contribution in [0.1, 0.15) is 16.8 Å². The van der Waals surface area contributed by atoms with E-state index in [2.05, 4.69) is 22.5 Å². The maximum absolute atomic E-state index is 12.1. The van der Waals surface area contributed by atoms with Crippen LogP contribution in [0.25, 0.3) is 11.1 Å². The molecule has 0 bridgehead atoms. The van der Waals surface area contributed by atoms with Crippen molar-refractivity contribution in [3.8, 4) is 11.1 Å². The van der Waals surface area contributed by atoms with E-state index >= 15 is 0 Å². The molecule has 23 heavy (non-hydrogen) atoms. The summed E-state index contributed by atoms with van der Waals surface area (Å²) in [5.74, 6) is -0.0370. The third-order valence-corrected chi connectivity index (χ3v) is 3.66. The number of nitrogens with zero attached hydrogens (tertiary/aromatic N) is 2. The van der Waals surface area contributed by atoms with Crippen LogP contribution in [0.5, 0.6) is 0 Å². The number of nitrogens with one attached hydrogen (secondary N) is 1. The fourth-order valence-electron chi connectivity index (χ4n) is 2.42. The molecule has 0 aliphatic carbocycles. The van der Waals surface area contributed by atoms with Crippen LogP contribution in [0, 0.1) is 0 Å². The van der Waals surface area contributed by atoms with E-state index in [0.717, 1.165) is 24.1 Å². The van der Waals surface area contributed by atoms with Crippen LogP contribution in [0.2, 0.25) is 0 Å². The van der Waals surface area contributed by atoms with Crippen molar-refractivity contribution >= 4 is 5.91 Å². The summed E-state index contributed by atoms with van der Waals surface area (Å²) in [6.45, 7) is 1.44. The SMILES string of the molecule is O=C(NCCCn1cccn1)c1ccc(-c2ccccc2)cc1. The van der Waals surface area contributed by atoms with E-state index < -0.39 is 0 Å². The van der Waals surface area contributed by atoms with Gasteiger partial charge in [-0.25, -0.2) is 0 Å². The van der Waals surface area contributed by atoms with Crippen LogP contribution >= 0.6 is 0 Å². The lowest BCUT2D eigenvalue weighted by molar-refractivity contribution is 0.0952. The number of aryl methyl sites for hydroxylation is 1. The summed E-state index contributed by atoms with van der Waals surface area (Å²) >= 11 is 0. The zero-order valence-electron chi connectivity index (χ0n) is 12.9. The summed E-state index contributed by atoms with van der Waals surface area (Å²) in [5, 5.41) is 7.07. The molecule has 0 spiro atoms. The van der Waals surface area contributed by atoms with Crippen molar-refractivity contribution in [2.45, 2.75) is 13.0 Å². The molecule has 0 unspecified atom stereocenters. The van der Waals surface area contributed by atoms with Crippen molar-refractivity contribution in [2.24, 2.45) is 0 Å². The first-order chi connectivity index (χ1) is 11.3. The van der Waals surface area contributed by atoms with E-state index in [4.69, 9.17) is 0 Å². The molecular formula is C19H19N3O. The molecule has 0 aliphatic heterocycles. The van der Waals surface area contributed by atoms with Crippen LogP contribution in [0.4, 0.5) is 0 Å². The van der Waals surface area contributed by atoms with Crippen molar-refractivity contribution in [1.29, 1.82) is 0 Å². The Morgan fingerprint density at radius 3 is 2.39 bits per heavy atom. The number of rotatable bonds is 6. The zero-order valence-corrected chi connectivity index (χ0v) is 12.9. The molecule has 1 amide bonds. The van der Waals surface area contributed by atoms with E-state index in [1.807, 2.05) is 59.4 Å². The van der Waals surface area contributed by atoms with E-state index in [1.165, 1.54) is 0 Å². The second kappa shape index (κ2) is 7.40. The number of carbonyl (C=O) groups excluding carboxylic acids is 1. The number of aromatic nitrogens is 2. The van der Waals surface area contributed by atoms with E-state index in [9.17, 15) is 4.79 Å². The van der Waals surface area contributed by atoms with Crippen LogP contribution in [0.15, 0.2) is 73.1 Å². The van der Waals surface area contributed by atoms with Crippen LogP contribution in [0.3, 0.4) is 0 Å². The lowest BCUT2D eigenvalue weighted by Gasteiger charge is -2.07. The Labute approximate surface area is 135 Å². The van der Waals surface area contributed by atoms with Gasteiger partial charge in [0.15, 0.2) is 0 Å². The fraction of sp³-hybridized carbons (Fsp3) is 0.158. The summed E-state index contributed by atoms with van der Waals surface area (Å²) in [7, 11) is 0. The van der Waals surface area contributed by atoms with Crippen LogP contribution < -0.4 is 5.32 Å². The maximum atomic E-state index is 12.1. The van der Waals surface area contributed by atoms with E-state index in [1.54, 1.807) is 6.20 Å². The molecule has 0 aliphatic rings. The van der Waals surface area contributed by atoms with Gasteiger partial charge in [-0.2, -0.15) is 5.10 Å². The van der Waals surface area contributed by atoms with Gasteiger partial charge in [-0.3, -0.25) is 9.48 Å². The highest BCUT2D eigenvalue weighted by molar-refractivity contribution is 5.94. The standard InChI is InChI=1S/C19H19N3O/c23-19(20-12-4-14-22-15-5-13-21-22)18-10-8-17(9-11-18)16-6-2-1-3-7-16/h1-3,5-11,13,15H,4,12,14H2,(H,20,23). The third-order valence-electron chi connectivity index (χ3n) is 3.66. The second-order valence-electron chi connectivity index (χ2n) is 5.32. The Morgan fingerprint density at radius 2 is 1.70 bits per heavy atom. The average Bonchev–Trinajstić information content (AvgIpc) is 3.13. The Hall–Kier alpha value is -2.88. The largest absolute Gasteiger partial charge is 0.352 e. The minimum atomic E-state index is -0.0370. The first-order valence-corrected chi connectivity index (χ1v) is 7.74. The molecule has 4 nitrogen and oxygen atoms in total. The second-order valence-corrected chi connectivity index (χ2v) is 5.32. The third kappa shape index (κ3) is 4.07. The van der Waals surface area contributed by atoms with Crippen molar-refractivity contribution in [3.63, 3.8) is 0 Å². The van der Waals surface area contributed by atoms with Crippen molar-refractivity contribution in [3.05, 3.63) is 78.6 Å². The van der Waals surface area contributed by atoms with Gasteiger partial charge in [0.2, 0.25) is 0 Å². The molecule has 0 saturated carbocycles. The first kappa shape index (κ1) is 15.0. The molecule has 0 fully saturated rings. The monoisotopic (exact) mass is 305 g/mol. The van der Waals surface area contributed by atoms with Gasteiger partial charge < -0.3 is 5.32 Å². The molecule has 1 heterocycles. The van der Waals surface area contributed by atoms with Gasteiger partial charge in [0.25, 0.3) is 5.91 Å². The molecule has 116 valence electrons. The fourth-order valence-corrected chi connectivity index (χ4v) is 2.42. The predicted molar refractivity (Wildman–Crippen MR) is 91.1 cm³/mol. The minimum absolute atomic E-state index is 0.0370. The highest BCUT2D eigenvalue weighted by Crippen LogP contribution is 2.19. The topological polar surface area (TPSA) is 46.9 Å². The van der Waals surface area contributed by atoms with Gasteiger partial charge in [-0.1, -0.05) is 42.5 Å². The molecule has 1 N–H and O–H groups in total. The Morgan fingerprint density at radius 1 is 0.957 bits per heavy atom. The number of hydrogen-bond donors (Lipinski definition) is 1. The highest BCUT2D eigenvalue weighted by Gasteiger charge is 2.05. The molecule has 2 aromatic carbocycles. The molecule has 3 aromatic rings. The van der Waals surface area contributed by atoms with Gasteiger partial charge >= 0.3 is 0 Å². The number of hydrogen-bond acceptors (Lipinski definition) is 2. The van der Waals surface area contributed by atoms with Crippen molar-refractivity contribution < 1.29 is 4.79 Å². The summed E-state index contributed by atoms with van der Waals surface area (Å²) in [4.78, 5) is 12.1. The summed E-state index contributed by atoms with van der Waals surface area (Å²) in [5.41, 5.74) is 2.95. The first-order valence-electron chi connectivity index (χ1n) is 7.74. The molecule has 4 heteroatoms. The lowest BCUT2D eigenvalue weighted by Crippen LogP contribution is -2.25. The molecule has 1 aromatic heterocycles. The van der Waals surface area contributed by atoms with Gasteiger partial charge in [0.1, 0.15) is 0 Å². The lowest BCUT2D eigenvalue weighted by atomic mass is 10.0. The molecule has 0 radical (unpaired) electrons. The summed E-state index contributed by atoms with van der Waals surface area (Å²) in [6, 6.07) is 19.7. The Bertz CT molecular complexity index is 734. The number of benzene rings is 2. The highest BCUT2D eigenvalue weighted by atomic mass is 16.1. The van der Waals surface area contributed by atoms with Gasteiger partial charge in [-0.15, -0.1) is 0 Å². The van der Waals surface area contributed by atoms with Crippen LogP contribution in [-0.2, 0) is 6.54 Å². The van der Waals surface area contributed by atoms with E-state index in [-0.39, 0.29) is 5.91 Å². The predicted octanol–water partition coefficient (Wildman–Crippen LogP) is 3.37. The Kier molecular flexibility index (Phi) is 4.84. The molecule has 0 saturated heterocycles. The minimum Gasteiger partial charge on any atom is -0.352 e. The summed E-state index contributed by atoms with van der Waals surface area (Å²) in [6.07, 6.45) is 4.53. The number of carbonyl (C=O) groups is 1. The van der Waals surface area contributed by atoms with Crippen LogP contribution in [-0.4, -0.2) is 22.2 Å². The number of amides is 1. The summed E-state index contributed by atoms with van der Waals surface area (Å²) < 4.78 is 1.86. The zero-order chi connectivity index (χ0) is 15.9. The van der Waals surface area contributed by atoms with Crippen molar-refractivity contribution in [2.75, 3.05) is 6.54 Å². The smallest absolute Gasteiger partial charge is 0.251 e.